The van der Waals surface area contributed by atoms with Crippen molar-refractivity contribution in [3.8, 4) is 0 Å². The second-order valence-electron chi connectivity index (χ2n) is 7.87. The molecule has 0 fully saturated rings. The van der Waals surface area contributed by atoms with Crippen LogP contribution in [0.1, 0.15) is 32.6 Å². The van der Waals surface area contributed by atoms with Crippen molar-refractivity contribution >= 4 is 28.6 Å². The van der Waals surface area contributed by atoms with Crippen molar-refractivity contribution in [2.75, 3.05) is 17.7 Å². The molecule has 3 N–H and O–H groups in total. The van der Waals surface area contributed by atoms with Crippen LogP contribution < -0.4 is 33.1 Å². The van der Waals surface area contributed by atoms with E-state index >= 15 is 0 Å². The van der Waals surface area contributed by atoms with E-state index in [4.69, 9.17) is 5.73 Å². The summed E-state index contributed by atoms with van der Waals surface area (Å²) in [5, 5.41) is 0. The number of nitrogen functional groups attached to an aromatic ring is 1. The Morgan fingerprint density at radius 1 is 1.12 bits per heavy atom. The number of rotatable bonds is 8. The Balaban J connectivity index is 1.79. The molecule has 0 aliphatic heterocycles. The summed E-state index contributed by atoms with van der Waals surface area (Å²) in [5.74, 6) is -0.435. The minimum atomic E-state index is -0.730. The molecule has 0 saturated heterocycles. The number of carbonyl (C=O) groups is 1. The lowest BCUT2D eigenvalue weighted by atomic mass is 10.2. The zero-order valence-electron chi connectivity index (χ0n) is 19.1. The highest BCUT2D eigenvalue weighted by Crippen LogP contribution is 2.17. The monoisotopic (exact) mass is 460 g/mol. The first-order valence-electron chi connectivity index (χ1n) is 10.6. The normalized spacial score (nSPS) is 11.3. The van der Waals surface area contributed by atoms with Crippen LogP contribution in [0.5, 0.6) is 0 Å². The Labute approximate surface area is 187 Å². The third-order valence-corrected chi connectivity index (χ3v) is 5.67. The summed E-state index contributed by atoms with van der Waals surface area (Å²) in [4.78, 5) is 69.3. The quantitative estimate of drug-likeness (QED) is 0.440. The molecule has 33 heavy (non-hydrogen) atoms. The molecule has 0 unspecified atom stereocenters. The molecule has 0 saturated carbocycles. The van der Waals surface area contributed by atoms with Crippen molar-refractivity contribution < 1.29 is 4.79 Å². The fraction of sp³-hybridized carbons (Fsp3) is 0.500. The van der Waals surface area contributed by atoms with Gasteiger partial charge < -0.3 is 15.2 Å². The van der Waals surface area contributed by atoms with Gasteiger partial charge >= 0.3 is 11.4 Å². The second-order valence-corrected chi connectivity index (χ2v) is 7.87. The van der Waals surface area contributed by atoms with Gasteiger partial charge in [-0.15, -0.1) is 0 Å². The van der Waals surface area contributed by atoms with E-state index in [9.17, 15) is 24.0 Å². The molecule has 3 aromatic rings. The van der Waals surface area contributed by atoms with E-state index in [1.54, 1.807) is 4.57 Å². The van der Waals surface area contributed by atoms with Crippen LogP contribution in [0, 0.1) is 0 Å². The van der Waals surface area contributed by atoms with Gasteiger partial charge in [0.2, 0.25) is 5.91 Å². The number of fused-ring (bicyclic) bond motifs is 1. The number of hydrogen-bond acceptors (Lipinski definition) is 7. The maximum Gasteiger partial charge on any atom is 0.332 e. The fourth-order valence-electron chi connectivity index (χ4n) is 3.70. The number of nitrogens with zero attached hydrogens (tertiary/aromatic N) is 6. The summed E-state index contributed by atoms with van der Waals surface area (Å²) >= 11 is 0. The highest BCUT2D eigenvalue weighted by atomic mass is 16.2. The highest BCUT2D eigenvalue weighted by Gasteiger charge is 2.21. The minimum absolute atomic E-state index is 0.0508. The number of hydrogen-bond donors (Lipinski definition) is 2. The molecule has 3 aromatic heterocycles. The maximum atomic E-state index is 12.8. The van der Waals surface area contributed by atoms with Gasteiger partial charge in [0.05, 0.1) is 6.33 Å². The van der Waals surface area contributed by atoms with Crippen molar-refractivity contribution in [3.05, 3.63) is 48.0 Å². The van der Waals surface area contributed by atoms with Crippen LogP contribution in [-0.2, 0) is 32.0 Å². The third kappa shape index (κ3) is 4.25. The number of unbranched alkanes of at least 4 members (excludes halogenated alkanes) is 1. The predicted molar refractivity (Wildman–Crippen MR) is 124 cm³/mol. The van der Waals surface area contributed by atoms with Gasteiger partial charge in [0, 0.05) is 40.7 Å². The SMILES string of the molecule is CCCCn1c(N)c(N(C)C(=O)CCCn2cnc3c2c(=O)n(C)c(=O)n3C)c(=O)[nH]c1=O. The van der Waals surface area contributed by atoms with Gasteiger partial charge in [0.15, 0.2) is 16.9 Å². The number of anilines is 2. The summed E-state index contributed by atoms with van der Waals surface area (Å²) in [7, 11) is 4.35. The van der Waals surface area contributed by atoms with Gasteiger partial charge in [0.1, 0.15) is 5.82 Å². The van der Waals surface area contributed by atoms with Crippen molar-refractivity contribution in [1.29, 1.82) is 0 Å². The molecule has 13 heteroatoms. The number of nitrogens with two attached hydrogens (primary N) is 1. The van der Waals surface area contributed by atoms with Gasteiger partial charge in [-0.3, -0.25) is 33.1 Å². The van der Waals surface area contributed by atoms with Crippen molar-refractivity contribution in [3.63, 3.8) is 0 Å². The first-order valence-corrected chi connectivity index (χ1v) is 10.6. The zero-order valence-corrected chi connectivity index (χ0v) is 19.1. The Kier molecular flexibility index (Phi) is 6.70. The first kappa shape index (κ1) is 23.8. The average Bonchev–Trinajstić information content (AvgIpc) is 3.19. The number of aromatic amines is 1. The lowest BCUT2D eigenvalue weighted by molar-refractivity contribution is -0.118. The molecule has 0 aliphatic carbocycles. The van der Waals surface area contributed by atoms with Gasteiger partial charge in [-0.05, 0) is 12.8 Å². The number of aromatic nitrogens is 6. The molecule has 0 spiro atoms. The van der Waals surface area contributed by atoms with Gasteiger partial charge in [0.25, 0.3) is 11.1 Å². The van der Waals surface area contributed by atoms with Crippen LogP contribution in [-0.4, -0.2) is 41.2 Å². The molecule has 3 rings (SSSR count). The summed E-state index contributed by atoms with van der Waals surface area (Å²) in [6.45, 7) is 2.59. The summed E-state index contributed by atoms with van der Waals surface area (Å²) < 4.78 is 5.13. The molecule has 0 aromatic carbocycles. The maximum absolute atomic E-state index is 12.8. The van der Waals surface area contributed by atoms with Crippen LogP contribution in [0.4, 0.5) is 11.5 Å². The smallest absolute Gasteiger partial charge is 0.332 e. The second kappa shape index (κ2) is 9.30. The predicted octanol–water partition coefficient (Wildman–Crippen LogP) is -0.891. The molecule has 1 amide bonds. The minimum Gasteiger partial charge on any atom is -0.383 e. The third-order valence-electron chi connectivity index (χ3n) is 5.67. The van der Waals surface area contributed by atoms with E-state index in [2.05, 4.69) is 9.97 Å². The van der Waals surface area contributed by atoms with Crippen LogP contribution in [0.3, 0.4) is 0 Å². The molecule has 0 atom stereocenters. The number of aryl methyl sites for hydroxylation is 2. The van der Waals surface area contributed by atoms with E-state index in [0.717, 1.165) is 15.9 Å². The van der Waals surface area contributed by atoms with Crippen LogP contribution >= 0.6 is 0 Å². The molecule has 0 radical (unpaired) electrons. The molecule has 13 nitrogen and oxygen atoms in total. The molecule has 0 aliphatic rings. The topological polar surface area (TPSA) is 163 Å². The highest BCUT2D eigenvalue weighted by molar-refractivity contribution is 5.94. The van der Waals surface area contributed by atoms with Crippen LogP contribution in [0.25, 0.3) is 11.2 Å². The number of nitrogens with one attached hydrogen (secondary N) is 1. The molecule has 0 bridgehead atoms. The largest absolute Gasteiger partial charge is 0.383 e. The van der Waals surface area contributed by atoms with Crippen LogP contribution in [0.2, 0.25) is 0 Å². The number of H-pyrrole nitrogens is 1. The van der Waals surface area contributed by atoms with Crippen molar-refractivity contribution in [2.45, 2.75) is 45.7 Å². The summed E-state index contributed by atoms with van der Waals surface area (Å²) in [6, 6.07) is 0. The Morgan fingerprint density at radius 2 is 1.82 bits per heavy atom. The first-order chi connectivity index (χ1) is 15.6. The number of carbonyl (C=O) groups excluding carboxylic acids is 1. The van der Waals surface area contributed by atoms with E-state index in [-0.39, 0.29) is 35.0 Å². The Morgan fingerprint density at radius 3 is 2.48 bits per heavy atom. The molecule has 178 valence electrons. The summed E-state index contributed by atoms with van der Waals surface area (Å²) in [6.07, 6.45) is 3.36. The van der Waals surface area contributed by atoms with Crippen LogP contribution in [0.15, 0.2) is 25.5 Å². The molecular formula is C20H28N8O5. The average molecular weight is 460 g/mol. The van der Waals surface area contributed by atoms with Gasteiger partial charge in [-0.25, -0.2) is 14.6 Å². The zero-order chi connectivity index (χ0) is 24.4. The fourth-order valence-corrected chi connectivity index (χ4v) is 3.70. The van der Waals surface area contributed by atoms with Gasteiger partial charge in [-0.2, -0.15) is 0 Å². The lowest BCUT2D eigenvalue weighted by Crippen LogP contribution is -2.39. The standard InChI is InChI=1S/C20H28N8O5/c1-5-6-10-28-15(21)13(17(30)23-19(28)32)24(2)12(29)8-7-9-27-11-22-16-14(27)18(31)26(4)20(33)25(16)3/h11H,5-10,21H2,1-4H3,(H,23,30,32). The summed E-state index contributed by atoms with van der Waals surface area (Å²) in [5.41, 5.74) is 4.23. The Hall–Kier alpha value is -3.90. The molecule has 3 heterocycles. The van der Waals surface area contributed by atoms with Crippen molar-refractivity contribution in [1.82, 2.24) is 28.2 Å². The Bertz CT molecular complexity index is 1440. The molecular weight excluding hydrogens is 432 g/mol. The van der Waals surface area contributed by atoms with E-state index in [1.165, 1.54) is 36.6 Å². The van der Waals surface area contributed by atoms with E-state index in [0.29, 0.717) is 25.9 Å². The van der Waals surface area contributed by atoms with Gasteiger partial charge in [-0.1, -0.05) is 13.3 Å². The van der Waals surface area contributed by atoms with E-state index < -0.39 is 22.5 Å². The lowest BCUT2D eigenvalue weighted by Gasteiger charge is -2.20. The van der Waals surface area contributed by atoms with E-state index in [1.807, 2.05) is 6.92 Å². The van der Waals surface area contributed by atoms with Crippen molar-refractivity contribution in [2.24, 2.45) is 14.1 Å². The number of imidazole rings is 1. The number of amides is 1.